The third-order valence-electron chi connectivity index (χ3n) is 4.56. The maximum absolute atomic E-state index is 12.5. The van der Waals surface area contributed by atoms with Crippen molar-refractivity contribution in [1.82, 2.24) is 9.88 Å². The van der Waals surface area contributed by atoms with E-state index in [0.717, 1.165) is 18.4 Å². The number of carbonyl (C=O) groups is 1. The van der Waals surface area contributed by atoms with Crippen LogP contribution < -0.4 is 5.32 Å². The Balaban J connectivity index is 1.58. The van der Waals surface area contributed by atoms with Crippen molar-refractivity contribution in [2.24, 2.45) is 0 Å². The van der Waals surface area contributed by atoms with E-state index in [1.807, 2.05) is 37.3 Å². The van der Waals surface area contributed by atoms with Gasteiger partial charge in [0.25, 0.3) is 0 Å². The minimum atomic E-state index is -0.299. The number of rotatable bonds is 4. The summed E-state index contributed by atoms with van der Waals surface area (Å²) in [7, 11) is 0. The summed E-state index contributed by atoms with van der Waals surface area (Å²) in [6, 6.07) is 15.4. The molecule has 1 fully saturated rings. The van der Waals surface area contributed by atoms with Crippen LogP contribution in [0.3, 0.4) is 0 Å². The number of nitrogens with zero attached hydrogens (tertiary/aromatic N) is 3. The number of pyridine rings is 1. The summed E-state index contributed by atoms with van der Waals surface area (Å²) in [6.07, 6.45) is 3.13. The second-order valence-electron chi connectivity index (χ2n) is 6.50. The quantitative estimate of drug-likeness (QED) is 0.912. The third kappa shape index (κ3) is 4.51. The second-order valence-corrected chi connectivity index (χ2v) is 6.50. The molecule has 1 N–H and O–H groups in total. The number of hydrogen-bond acceptors (Lipinski definition) is 5. The molecule has 0 unspecified atom stereocenters. The zero-order valence-electron chi connectivity index (χ0n) is 14.8. The molecule has 2 heterocycles. The van der Waals surface area contributed by atoms with E-state index in [1.165, 1.54) is 0 Å². The lowest BCUT2D eigenvalue weighted by Crippen LogP contribution is -2.49. The molecule has 26 heavy (non-hydrogen) atoms. The first-order chi connectivity index (χ1) is 12.7. The maximum Gasteiger partial charge on any atom is 0.410 e. The first-order valence-electron chi connectivity index (χ1n) is 8.75. The number of amides is 1. The summed E-state index contributed by atoms with van der Waals surface area (Å²) < 4.78 is 5.47. The fourth-order valence-corrected chi connectivity index (χ4v) is 3.07. The number of nitrogens with one attached hydrogen (secondary N) is 1. The molecule has 6 nitrogen and oxygen atoms in total. The van der Waals surface area contributed by atoms with Gasteiger partial charge in [-0.3, -0.25) is 0 Å². The highest BCUT2D eigenvalue weighted by Crippen LogP contribution is 2.21. The molecule has 1 aromatic heterocycles. The number of ether oxygens (including phenoxy) is 1. The van der Waals surface area contributed by atoms with Gasteiger partial charge in [0.1, 0.15) is 12.4 Å². The number of anilines is 1. The van der Waals surface area contributed by atoms with Crippen LogP contribution in [0.5, 0.6) is 0 Å². The Kier molecular flexibility index (Phi) is 5.69. The highest BCUT2D eigenvalue weighted by molar-refractivity contribution is 5.68. The van der Waals surface area contributed by atoms with Crippen LogP contribution in [0.25, 0.3) is 0 Å². The monoisotopic (exact) mass is 350 g/mol. The summed E-state index contributed by atoms with van der Waals surface area (Å²) in [5.74, 6) is 0.654. The lowest BCUT2D eigenvalue weighted by atomic mass is 10.00. The van der Waals surface area contributed by atoms with Crippen LogP contribution in [-0.2, 0) is 11.3 Å². The molecule has 2 aromatic rings. The van der Waals surface area contributed by atoms with Crippen molar-refractivity contribution in [2.75, 3.05) is 11.9 Å². The van der Waals surface area contributed by atoms with Crippen molar-refractivity contribution in [3.63, 3.8) is 0 Å². The largest absolute Gasteiger partial charge is 0.445 e. The summed E-state index contributed by atoms with van der Waals surface area (Å²) in [5.41, 5.74) is 1.53. The predicted octanol–water partition coefficient (Wildman–Crippen LogP) is 3.55. The molecule has 1 amide bonds. The zero-order chi connectivity index (χ0) is 18.4. The van der Waals surface area contributed by atoms with Crippen LogP contribution in [0.4, 0.5) is 10.6 Å². The van der Waals surface area contributed by atoms with Gasteiger partial charge in [0.2, 0.25) is 0 Å². The average molecular weight is 350 g/mol. The van der Waals surface area contributed by atoms with Gasteiger partial charge in [-0.1, -0.05) is 30.3 Å². The molecule has 0 aliphatic carbocycles. The van der Waals surface area contributed by atoms with Gasteiger partial charge in [0.15, 0.2) is 0 Å². The molecule has 1 saturated heterocycles. The molecule has 2 atom stereocenters. The van der Waals surface area contributed by atoms with Gasteiger partial charge in [-0.15, -0.1) is 0 Å². The molecule has 0 bridgehead atoms. The number of piperidine rings is 1. The Morgan fingerprint density at radius 2 is 2.15 bits per heavy atom. The molecule has 0 spiro atoms. The van der Waals surface area contributed by atoms with Crippen molar-refractivity contribution in [3.05, 3.63) is 59.8 Å². The molecule has 3 rings (SSSR count). The van der Waals surface area contributed by atoms with Crippen LogP contribution in [-0.4, -0.2) is 34.6 Å². The van der Waals surface area contributed by atoms with E-state index in [0.29, 0.717) is 17.9 Å². The van der Waals surface area contributed by atoms with Crippen molar-refractivity contribution in [1.29, 1.82) is 5.26 Å². The van der Waals surface area contributed by atoms with E-state index < -0.39 is 0 Å². The van der Waals surface area contributed by atoms with Gasteiger partial charge in [-0.05, 0) is 37.5 Å². The van der Waals surface area contributed by atoms with Crippen LogP contribution >= 0.6 is 0 Å². The fraction of sp³-hybridized carbons (Fsp3) is 0.350. The minimum absolute atomic E-state index is 0.0805. The Morgan fingerprint density at radius 1 is 1.35 bits per heavy atom. The molecule has 1 aliphatic rings. The van der Waals surface area contributed by atoms with E-state index in [2.05, 4.69) is 16.4 Å². The molecular weight excluding hydrogens is 328 g/mol. The maximum atomic E-state index is 12.5. The van der Waals surface area contributed by atoms with Crippen LogP contribution in [0.2, 0.25) is 0 Å². The van der Waals surface area contributed by atoms with Crippen molar-refractivity contribution in [2.45, 2.75) is 38.5 Å². The van der Waals surface area contributed by atoms with Gasteiger partial charge in [0.05, 0.1) is 11.6 Å². The standard InChI is InChI=1S/C20H22N4O2/c1-15-7-8-18(23-19-11-17(12-21)9-10-22-19)13-24(15)20(25)26-14-16-5-3-2-4-6-16/h2-6,9-11,15,18H,7-8,13-14H2,1H3,(H,22,23)/t15-,18-/m1/s1. The number of likely N-dealkylation sites (tertiary alicyclic amines) is 1. The van der Waals surface area contributed by atoms with E-state index in [9.17, 15) is 4.79 Å². The van der Waals surface area contributed by atoms with E-state index in [4.69, 9.17) is 10.00 Å². The molecular formula is C20H22N4O2. The number of nitriles is 1. The number of aromatic nitrogens is 1. The highest BCUT2D eigenvalue weighted by atomic mass is 16.6. The van der Waals surface area contributed by atoms with Crippen LogP contribution in [0.1, 0.15) is 30.9 Å². The smallest absolute Gasteiger partial charge is 0.410 e. The Morgan fingerprint density at radius 3 is 2.92 bits per heavy atom. The normalized spacial score (nSPS) is 19.5. The van der Waals surface area contributed by atoms with Crippen LogP contribution in [0.15, 0.2) is 48.7 Å². The van der Waals surface area contributed by atoms with Crippen LogP contribution in [0, 0.1) is 11.3 Å². The van der Waals surface area contributed by atoms with E-state index in [-0.39, 0.29) is 24.8 Å². The van der Waals surface area contributed by atoms with Gasteiger partial charge in [-0.2, -0.15) is 5.26 Å². The summed E-state index contributed by atoms with van der Waals surface area (Å²) >= 11 is 0. The molecule has 134 valence electrons. The molecule has 1 aromatic carbocycles. The van der Waals surface area contributed by atoms with Crippen molar-refractivity contribution in [3.8, 4) is 6.07 Å². The molecule has 0 saturated carbocycles. The minimum Gasteiger partial charge on any atom is -0.445 e. The first kappa shape index (κ1) is 17.7. The molecule has 0 radical (unpaired) electrons. The Hall–Kier alpha value is -3.07. The zero-order valence-corrected chi connectivity index (χ0v) is 14.8. The number of carbonyl (C=O) groups excluding carboxylic acids is 1. The van der Waals surface area contributed by atoms with Crippen molar-refractivity contribution >= 4 is 11.9 Å². The molecule has 1 aliphatic heterocycles. The van der Waals surface area contributed by atoms with Gasteiger partial charge in [0, 0.05) is 24.8 Å². The topological polar surface area (TPSA) is 78.3 Å². The van der Waals surface area contributed by atoms with Gasteiger partial charge >= 0.3 is 6.09 Å². The first-order valence-corrected chi connectivity index (χ1v) is 8.75. The highest BCUT2D eigenvalue weighted by Gasteiger charge is 2.30. The summed E-state index contributed by atoms with van der Waals surface area (Å²) in [5, 5.41) is 12.3. The predicted molar refractivity (Wildman–Crippen MR) is 98.4 cm³/mol. The Bertz CT molecular complexity index is 788. The fourth-order valence-electron chi connectivity index (χ4n) is 3.07. The van der Waals surface area contributed by atoms with E-state index >= 15 is 0 Å². The lowest BCUT2D eigenvalue weighted by Gasteiger charge is -2.37. The second kappa shape index (κ2) is 8.34. The number of hydrogen-bond donors (Lipinski definition) is 1. The number of benzene rings is 1. The third-order valence-corrected chi connectivity index (χ3v) is 4.56. The van der Waals surface area contributed by atoms with Crippen molar-refractivity contribution < 1.29 is 9.53 Å². The SMILES string of the molecule is C[C@@H]1CC[C@@H](Nc2cc(C#N)ccn2)CN1C(=O)OCc1ccccc1. The molecule has 6 heteroatoms. The average Bonchev–Trinajstić information content (AvgIpc) is 2.68. The Labute approximate surface area is 153 Å². The lowest BCUT2D eigenvalue weighted by molar-refractivity contribution is 0.0696. The van der Waals surface area contributed by atoms with Gasteiger partial charge < -0.3 is 15.0 Å². The summed E-state index contributed by atoms with van der Waals surface area (Å²) in [4.78, 5) is 18.5. The summed E-state index contributed by atoms with van der Waals surface area (Å²) in [6.45, 7) is 2.86. The van der Waals surface area contributed by atoms with Gasteiger partial charge in [-0.25, -0.2) is 9.78 Å². The van der Waals surface area contributed by atoms with E-state index in [1.54, 1.807) is 23.2 Å².